The van der Waals surface area contributed by atoms with Gasteiger partial charge in [-0.3, -0.25) is 8.98 Å². The average Bonchev–Trinajstić information content (AvgIpc) is 3.07. The Balaban J connectivity index is 1.50. The first-order valence-corrected chi connectivity index (χ1v) is 12.7. The molecule has 0 aliphatic carbocycles. The normalized spacial score (nSPS) is 18.7. The maximum absolute atomic E-state index is 12.8. The minimum absolute atomic E-state index is 0.00562. The molecule has 172 valence electrons. The van der Waals surface area contributed by atoms with Crippen LogP contribution in [0.25, 0.3) is 0 Å². The van der Waals surface area contributed by atoms with Gasteiger partial charge in [-0.15, -0.1) is 6.58 Å². The van der Waals surface area contributed by atoms with Crippen molar-refractivity contribution in [1.29, 1.82) is 0 Å². The highest BCUT2D eigenvalue weighted by Crippen LogP contribution is 2.28. The van der Waals surface area contributed by atoms with E-state index in [1.807, 2.05) is 54.6 Å². The smallest absolute Gasteiger partial charge is 0.264 e. The molecule has 1 aliphatic rings. The Bertz CT molecular complexity index is 989. The number of allylic oxidation sites excluding steroid dienone is 1. The van der Waals surface area contributed by atoms with Crippen LogP contribution in [0.3, 0.4) is 0 Å². The molecule has 1 saturated heterocycles. The predicted molar refractivity (Wildman–Crippen MR) is 125 cm³/mol. The fraction of sp³-hybridized carbons (Fsp3) is 0.400. The van der Waals surface area contributed by atoms with Crippen LogP contribution in [-0.2, 0) is 32.1 Å². The summed E-state index contributed by atoms with van der Waals surface area (Å²) in [6.45, 7) is 4.82. The van der Waals surface area contributed by atoms with Crippen molar-refractivity contribution in [1.82, 2.24) is 4.90 Å². The SMILES string of the molecule is C=CC[C@@H]1C[C@@H](COS(C)(=O)=O)N(CCCc2ccc(OCc3ccccc3)cc2)C1=O. The van der Waals surface area contributed by atoms with Gasteiger partial charge < -0.3 is 9.64 Å². The van der Waals surface area contributed by atoms with E-state index in [4.69, 9.17) is 8.92 Å². The van der Waals surface area contributed by atoms with Crippen LogP contribution in [0, 0.1) is 5.92 Å². The molecule has 0 unspecified atom stereocenters. The Kier molecular flexibility index (Phi) is 8.47. The van der Waals surface area contributed by atoms with Gasteiger partial charge in [0.15, 0.2) is 0 Å². The van der Waals surface area contributed by atoms with Crippen LogP contribution in [0.2, 0.25) is 0 Å². The predicted octanol–water partition coefficient (Wildman–Crippen LogP) is 3.97. The summed E-state index contributed by atoms with van der Waals surface area (Å²) in [6.07, 6.45) is 5.55. The van der Waals surface area contributed by atoms with Gasteiger partial charge in [0, 0.05) is 12.5 Å². The van der Waals surface area contributed by atoms with Crippen molar-refractivity contribution < 1.29 is 22.1 Å². The minimum atomic E-state index is -3.54. The zero-order valence-corrected chi connectivity index (χ0v) is 19.3. The summed E-state index contributed by atoms with van der Waals surface area (Å²) in [4.78, 5) is 14.5. The van der Waals surface area contributed by atoms with Crippen molar-refractivity contribution in [2.45, 2.75) is 38.3 Å². The number of carbonyl (C=O) groups is 1. The topological polar surface area (TPSA) is 72.9 Å². The van der Waals surface area contributed by atoms with Crippen LogP contribution >= 0.6 is 0 Å². The number of carbonyl (C=O) groups excluding carboxylic acids is 1. The lowest BCUT2D eigenvalue weighted by atomic mass is 10.0. The van der Waals surface area contributed by atoms with Crippen molar-refractivity contribution >= 4 is 16.0 Å². The molecular weight excluding hydrogens is 426 g/mol. The summed E-state index contributed by atoms with van der Waals surface area (Å²) in [5.41, 5.74) is 2.28. The molecule has 1 aliphatic heterocycles. The molecule has 1 heterocycles. The zero-order valence-electron chi connectivity index (χ0n) is 18.5. The summed E-state index contributed by atoms with van der Waals surface area (Å²) in [5.74, 6) is 0.718. The Hall–Kier alpha value is -2.64. The molecule has 2 aromatic rings. The molecule has 0 radical (unpaired) electrons. The summed E-state index contributed by atoms with van der Waals surface area (Å²) in [7, 11) is -3.54. The second kappa shape index (κ2) is 11.3. The van der Waals surface area contributed by atoms with E-state index >= 15 is 0 Å². The first-order valence-electron chi connectivity index (χ1n) is 10.9. The largest absolute Gasteiger partial charge is 0.489 e. The Morgan fingerprint density at radius 2 is 1.81 bits per heavy atom. The summed E-state index contributed by atoms with van der Waals surface area (Å²) < 4.78 is 33.6. The van der Waals surface area contributed by atoms with E-state index in [1.165, 1.54) is 0 Å². The lowest BCUT2D eigenvalue weighted by Crippen LogP contribution is -2.38. The zero-order chi connectivity index (χ0) is 23.0. The van der Waals surface area contributed by atoms with Gasteiger partial charge in [0.1, 0.15) is 12.4 Å². The maximum atomic E-state index is 12.8. The first-order chi connectivity index (χ1) is 15.4. The molecule has 0 N–H and O–H groups in total. The number of aryl methyl sites for hydroxylation is 1. The number of hydrogen-bond acceptors (Lipinski definition) is 5. The van der Waals surface area contributed by atoms with Crippen LogP contribution in [0.4, 0.5) is 0 Å². The third-order valence-electron chi connectivity index (χ3n) is 5.59. The van der Waals surface area contributed by atoms with E-state index in [-0.39, 0.29) is 24.5 Å². The minimum Gasteiger partial charge on any atom is -0.489 e. The van der Waals surface area contributed by atoms with Crippen molar-refractivity contribution in [3.05, 3.63) is 78.4 Å². The molecule has 1 amide bonds. The monoisotopic (exact) mass is 457 g/mol. The molecule has 7 heteroatoms. The summed E-state index contributed by atoms with van der Waals surface area (Å²) >= 11 is 0. The number of likely N-dealkylation sites (tertiary alicyclic amines) is 1. The van der Waals surface area contributed by atoms with Gasteiger partial charge in [-0.25, -0.2) is 0 Å². The Morgan fingerprint density at radius 1 is 1.09 bits per heavy atom. The Morgan fingerprint density at radius 3 is 2.47 bits per heavy atom. The molecular formula is C25H31NO5S. The number of amides is 1. The van der Waals surface area contributed by atoms with Crippen LogP contribution in [-0.4, -0.2) is 44.7 Å². The van der Waals surface area contributed by atoms with Crippen molar-refractivity contribution in [3.63, 3.8) is 0 Å². The molecule has 0 bridgehead atoms. The van der Waals surface area contributed by atoms with Crippen molar-refractivity contribution in [2.75, 3.05) is 19.4 Å². The van der Waals surface area contributed by atoms with Gasteiger partial charge in [0.25, 0.3) is 10.1 Å². The fourth-order valence-corrected chi connectivity index (χ4v) is 4.37. The van der Waals surface area contributed by atoms with Gasteiger partial charge in [-0.05, 0) is 48.9 Å². The van der Waals surface area contributed by atoms with E-state index in [9.17, 15) is 13.2 Å². The van der Waals surface area contributed by atoms with E-state index in [2.05, 4.69) is 6.58 Å². The van der Waals surface area contributed by atoms with Crippen LogP contribution in [0.15, 0.2) is 67.3 Å². The standard InChI is InChI=1S/C25H31NO5S/c1-3-8-22-17-23(19-31-32(2,28)29)26(25(22)27)16-7-11-20-12-14-24(15-13-20)30-18-21-9-5-4-6-10-21/h3-6,9-10,12-15,22-23H,1,7-8,11,16-19H2,2H3/t22-,23+/m1/s1. The molecule has 3 rings (SSSR count). The first kappa shape index (κ1) is 24.0. The van der Waals surface area contributed by atoms with Crippen LogP contribution in [0.5, 0.6) is 5.75 Å². The van der Waals surface area contributed by atoms with Gasteiger partial charge in [0.2, 0.25) is 5.91 Å². The van der Waals surface area contributed by atoms with Crippen molar-refractivity contribution in [3.8, 4) is 5.75 Å². The molecule has 0 aromatic heterocycles. The van der Waals surface area contributed by atoms with E-state index in [0.29, 0.717) is 26.0 Å². The fourth-order valence-electron chi connectivity index (χ4n) is 3.97. The average molecular weight is 458 g/mol. The molecule has 2 atom stereocenters. The second-order valence-corrected chi connectivity index (χ2v) is 9.80. The highest BCUT2D eigenvalue weighted by Gasteiger charge is 2.38. The summed E-state index contributed by atoms with van der Waals surface area (Å²) in [6, 6.07) is 17.8. The number of rotatable bonds is 12. The van der Waals surface area contributed by atoms with Gasteiger partial charge >= 0.3 is 0 Å². The number of ether oxygens (including phenoxy) is 1. The lowest BCUT2D eigenvalue weighted by molar-refractivity contribution is -0.132. The number of nitrogens with zero attached hydrogens (tertiary/aromatic N) is 1. The van der Waals surface area contributed by atoms with Gasteiger partial charge in [-0.2, -0.15) is 8.42 Å². The molecule has 32 heavy (non-hydrogen) atoms. The van der Waals surface area contributed by atoms with Crippen LogP contribution < -0.4 is 4.74 Å². The molecule has 0 saturated carbocycles. The van der Waals surface area contributed by atoms with Gasteiger partial charge in [-0.1, -0.05) is 48.5 Å². The van der Waals surface area contributed by atoms with E-state index in [0.717, 1.165) is 36.0 Å². The van der Waals surface area contributed by atoms with Gasteiger partial charge in [0.05, 0.1) is 18.9 Å². The maximum Gasteiger partial charge on any atom is 0.264 e. The summed E-state index contributed by atoms with van der Waals surface area (Å²) in [5, 5.41) is 0. The second-order valence-electron chi connectivity index (χ2n) is 8.15. The van der Waals surface area contributed by atoms with E-state index in [1.54, 1.807) is 11.0 Å². The van der Waals surface area contributed by atoms with E-state index < -0.39 is 10.1 Å². The highest BCUT2D eigenvalue weighted by atomic mass is 32.2. The van der Waals surface area contributed by atoms with Crippen molar-refractivity contribution in [2.24, 2.45) is 5.92 Å². The Labute approximate surface area is 191 Å². The molecule has 0 spiro atoms. The highest BCUT2D eigenvalue weighted by molar-refractivity contribution is 7.85. The third kappa shape index (κ3) is 7.21. The molecule has 2 aromatic carbocycles. The number of benzene rings is 2. The molecule has 6 nitrogen and oxygen atoms in total. The third-order valence-corrected chi connectivity index (χ3v) is 6.16. The van der Waals surface area contributed by atoms with Crippen LogP contribution in [0.1, 0.15) is 30.4 Å². The lowest BCUT2D eigenvalue weighted by Gasteiger charge is -2.24. The number of hydrogen-bond donors (Lipinski definition) is 0. The quantitative estimate of drug-likeness (QED) is 0.356. The molecule has 1 fully saturated rings.